The minimum absolute atomic E-state index is 0.0511. The van der Waals surface area contributed by atoms with Gasteiger partial charge in [-0.25, -0.2) is 4.79 Å². The van der Waals surface area contributed by atoms with Crippen LogP contribution in [0.25, 0.3) is 11.0 Å². The van der Waals surface area contributed by atoms with Gasteiger partial charge in [0.1, 0.15) is 0 Å². The third kappa shape index (κ3) is 3.96. The van der Waals surface area contributed by atoms with E-state index in [1.807, 2.05) is 31.2 Å². The number of hydrogen-bond donors (Lipinski definition) is 1. The number of benzene rings is 1. The quantitative estimate of drug-likeness (QED) is 0.707. The van der Waals surface area contributed by atoms with Crippen molar-refractivity contribution in [2.24, 2.45) is 0 Å². The molecular formula is C21H27N5O4. The van der Waals surface area contributed by atoms with Crippen LogP contribution in [0.2, 0.25) is 0 Å². The minimum atomic E-state index is -0.552. The van der Waals surface area contributed by atoms with Crippen LogP contribution >= 0.6 is 0 Å². The fraction of sp³-hybridized carbons (Fsp3) is 0.524. The molecule has 1 aliphatic carbocycles. The lowest BCUT2D eigenvalue weighted by atomic mass is 10.2. The highest BCUT2D eigenvalue weighted by Gasteiger charge is 2.31. The van der Waals surface area contributed by atoms with Gasteiger partial charge in [0.15, 0.2) is 0 Å². The average Bonchev–Trinajstić information content (AvgIpc) is 3.54. The number of nitrogens with one attached hydrogen (secondary N) is 1. The largest absolute Gasteiger partial charge is 0.345 e. The van der Waals surface area contributed by atoms with E-state index in [1.54, 1.807) is 14.0 Å². The summed E-state index contributed by atoms with van der Waals surface area (Å²) in [5, 5.41) is 2.70. The van der Waals surface area contributed by atoms with Crippen LogP contribution in [0.5, 0.6) is 0 Å². The number of rotatable bonds is 5. The molecule has 3 amide bonds. The van der Waals surface area contributed by atoms with E-state index in [0.717, 1.165) is 23.9 Å². The third-order valence-electron chi connectivity index (χ3n) is 5.82. The summed E-state index contributed by atoms with van der Waals surface area (Å²) in [5.74, 6) is -1.12. The van der Waals surface area contributed by atoms with Crippen molar-refractivity contribution in [3.63, 3.8) is 0 Å². The number of aryl methyl sites for hydroxylation is 2. The highest BCUT2D eigenvalue weighted by atomic mass is 16.2. The van der Waals surface area contributed by atoms with Crippen LogP contribution in [-0.4, -0.2) is 68.9 Å². The van der Waals surface area contributed by atoms with E-state index in [9.17, 15) is 19.2 Å². The molecule has 2 aliphatic rings. The molecule has 1 aromatic carbocycles. The summed E-state index contributed by atoms with van der Waals surface area (Å²) in [5.41, 5.74) is 1.59. The van der Waals surface area contributed by atoms with Crippen LogP contribution in [0.4, 0.5) is 0 Å². The first-order valence-corrected chi connectivity index (χ1v) is 10.5. The molecule has 0 spiro atoms. The second-order valence-electron chi connectivity index (χ2n) is 7.84. The summed E-state index contributed by atoms with van der Waals surface area (Å²) in [4.78, 5) is 52.7. The first-order valence-electron chi connectivity index (χ1n) is 10.5. The number of aromatic nitrogens is 2. The Morgan fingerprint density at radius 2 is 1.57 bits per heavy atom. The lowest BCUT2D eigenvalue weighted by Crippen LogP contribution is -2.54. The number of amides is 3. The maximum atomic E-state index is 12.7. The molecule has 2 fully saturated rings. The first-order chi connectivity index (χ1) is 14.5. The van der Waals surface area contributed by atoms with E-state index >= 15 is 0 Å². The molecule has 1 N–H and O–H groups in total. The first kappa shape index (κ1) is 20.2. The van der Waals surface area contributed by atoms with Crippen molar-refractivity contribution < 1.29 is 14.4 Å². The van der Waals surface area contributed by atoms with E-state index < -0.39 is 11.8 Å². The predicted octanol–water partition coefficient (Wildman–Crippen LogP) is 0.162. The molecule has 2 heterocycles. The SMILES string of the molecule is CCn1c(=O)n(CCC(=O)N2CCN(C(=O)C(=O)NC3CC3)CC2)c2ccccc21. The fourth-order valence-corrected chi connectivity index (χ4v) is 3.94. The molecule has 1 aromatic heterocycles. The summed E-state index contributed by atoms with van der Waals surface area (Å²) in [6, 6.07) is 7.73. The van der Waals surface area contributed by atoms with E-state index in [2.05, 4.69) is 5.32 Å². The van der Waals surface area contributed by atoms with Crippen molar-refractivity contribution in [1.29, 1.82) is 0 Å². The topological polar surface area (TPSA) is 96.7 Å². The molecule has 30 heavy (non-hydrogen) atoms. The van der Waals surface area contributed by atoms with Gasteiger partial charge in [-0.15, -0.1) is 0 Å². The Bertz CT molecular complexity index is 1030. The van der Waals surface area contributed by atoms with Gasteiger partial charge in [-0.3, -0.25) is 23.5 Å². The molecule has 9 nitrogen and oxygen atoms in total. The molecular weight excluding hydrogens is 386 g/mol. The van der Waals surface area contributed by atoms with Gasteiger partial charge in [0.25, 0.3) is 0 Å². The van der Waals surface area contributed by atoms with Gasteiger partial charge in [-0.2, -0.15) is 0 Å². The van der Waals surface area contributed by atoms with Gasteiger partial charge in [-0.1, -0.05) is 12.1 Å². The molecule has 0 atom stereocenters. The summed E-state index contributed by atoms with van der Waals surface area (Å²) in [6.45, 7) is 4.29. The molecule has 0 bridgehead atoms. The molecule has 9 heteroatoms. The van der Waals surface area contributed by atoms with Crippen molar-refractivity contribution >= 4 is 28.8 Å². The van der Waals surface area contributed by atoms with Crippen molar-refractivity contribution in [3.05, 3.63) is 34.7 Å². The van der Waals surface area contributed by atoms with Gasteiger partial charge in [-0.05, 0) is 31.9 Å². The summed E-state index contributed by atoms with van der Waals surface area (Å²) in [6.07, 6.45) is 2.08. The Hall–Kier alpha value is -3.10. The van der Waals surface area contributed by atoms with Gasteiger partial charge < -0.3 is 15.1 Å². The highest BCUT2D eigenvalue weighted by molar-refractivity contribution is 6.35. The van der Waals surface area contributed by atoms with E-state index in [4.69, 9.17) is 0 Å². The zero-order valence-corrected chi connectivity index (χ0v) is 17.2. The van der Waals surface area contributed by atoms with Crippen molar-refractivity contribution in [3.8, 4) is 0 Å². The molecule has 0 radical (unpaired) electrons. The van der Waals surface area contributed by atoms with E-state index in [0.29, 0.717) is 39.3 Å². The van der Waals surface area contributed by atoms with Gasteiger partial charge in [0.2, 0.25) is 5.91 Å². The van der Waals surface area contributed by atoms with Crippen molar-refractivity contribution in [2.45, 2.75) is 45.3 Å². The van der Waals surface area contributed by atoms with Gasteiger partial charge in [0, 0.05) is 51.7 Å². The lowest BCUT2D eigenvalue weighted by molar-refractivity contribution is -0.148. The van der Waals surface area contributed by atoms with E-state index in [1.165, 1.54) is 4.90 Å². The normalized spacial score (nSPS) is 16.7. The summed E-state index contributed by atoms with van der Waals surface area (Å²) < 4.78 is 3.36. The van der Waals surface area contributed by atoms with Crippen LogP contribution in [0.1, 0.15) is 26.2 Å². The number of imidazole rings is 1. The molecule has 1 saturated carbocycles. The number of piperazine rings is 1. The smallest absolute Gasteiger partial charge is 0.329 e. The van der Waals surface area contributed by atoms with E-state index in [-0.39, 0.29) is 24.1 Å². The number of carbonyl (C=O) groups is 3. The molecule has 4 rings (SSSR count). The molecule has 0 unspecified atom stereocenters. The maximum Gasteiger partial charge on any atom is 0.329 e. The second kappa shape index (κ2) is 8.33. The summed E-state index contributed by atoms with van der Waals surface area (Å²) in [7, 11) is 0. The number of hydrogen-bond acceptors (Lipinski definition) is 4. The van der Waals surface area contributed by atoms with Crippen molar-refractivity contribution in [2.75, 3.05) is 26.2 Å². The van der Waals surface area contributed by atoms with Crippen LogP contribution in [0.3, 0.4) is 0 Å². The van der Waals surface area contributed by atoms with Gasteiger partial charge >= 0.3 is 17.5 Å². The monoisotopic (exact) mass is 413 g/mol. The van der Waals surface area contributed by atoms with Crippen LogP contribution in [0.15, 0.2) is 29.1 Å². The molecule has 1 aliphatic heterocycles. The zero-order valence-electron chi connectivity index (χ0n) is 17.2. The number of para-hydroxylation sites is 2. The van der Waals surface area contributed by atoms with Crippen LogP contribution < -0.4 is 11.0 Å². The number of fused-ring (bicyclic) bond motifs is 1. The molecule has 160 valence electrons. The van der Waals surface area contributed by atoms with Crippen molar-refractivity contribution in [1.82, 2.24) is 24.3 Å². The number of carbonyl (C=O) groups excluding carboxylic acids is 3. The van der Waals surface area contributed by atoms with Gasteiger partial charge in [0.05, 0.1) is 11.0 Å². The minimum Gasteiger partial charge on any atom is -0.345 e. The third-order valence-corrected chi connectivity index (χ3v) is 5.82. The standard InChI is InChI=1S/C21H27N5O4/c1-2-25-16-5-3-4-6-17(16)26(21(25)30)10-9-18(27)23-11-13-24(14-12-23)20(29)19(28)22-15-7-8-15/h3-6,15H,2,7-14H2,1H3,(H,22,28). The average molecular weight is 413 g/mol. The summed E-state index contributed by atoms with van der Waals surface area (Å²) >= 11 is 0. The Morgan fingerprint density at radius 3 is 2.17 bits per heavy atom. The molecule has 2 aromatic rings. The number of nitrogens with zero attached hydrogens (tertiary/aromatic N) is 4. The Kier molecular flexibility index (Phi) is 5.61. The Morgan fingerprint density at radius 1 is 0.967 bits per heavy atom. The Labute approximate surface area is 174 Å². The fourth-order valence-electron chi connectivity index (χ4n) is 3.94. The predicted molar refractivity (Wildman–Crippen MR) is 111 cm³/mol. The maximum absolute atomic E-state index is 12.7. The lowest BCUT2D eigenvalue weighted by Gasteiger charge is -2.34. The molecule has 1 saturated heterocycles. The Balaban J connectivity index is 1.33. The second-order valence-corrected chi connectivity index (χ2v) is 7.84. The zero-order chi connectivity index (χ0) is 21.3. The highest BCUT2D eigenvalue weighted by Crippen LogP contribution is 2.18. The van der Waals surface area contributed by atoms with Crippen LogP contribution in [0, 0.1) is 0 Å². The van der Waals surface area contributed by atoms with Crippen LogP contribution in [-0.2, 0) is 27.5 Å².